The van der Waals surface area contributed by atoms with Crippen LogP contribution in [0, 0.1) is 5.92 Å². The minimum absolute atomic E-state index is 0.204. The van der Waals surface area contributed by atoms with Crippen LogP contribution >= 0.6 is 0 Å². The van der Waals surface area contributed by atoms with Crippen molar-refractivity contribution in [3.05, 3.63) is 29.8 Å². The summed E-state index contributed by atoms with van der Waals surface area (Å²) in [6, 6.07) is 8.07. The lowest BCUT2D eigenvalue weighted by atomic mass is 10.1. The smallest absolute Gasteiger partial charge is 0.122 e. The molecule has 14 heavy (non-hydrogen) atoms. The number of ether oxygens (including phenoxy) is 1. The van der Waals surface area contributed by atoms with Crippen LogP contribution in [0.25, 0.3) is 0 Å². The van der Waals surface area contributed by atoms with Gasteiger partial charge in [0.1, 0.15) is 5.75 Å². The van der Waals surface area contributed by atoms with Gasteiger partial charge in [-0.25, -0.2) is 0 Å². The molecule has 1 aliphatic rings. The maximum Gasteiger partial charge on any atom is 0.122 e. The van der Waals surface area contributed by atoms with Crippen LogP contribution in [-0.2, 0) is 0 Å². The summed E-state index contributed by atoms with van der Waals surface area (Å²) in [4.78, 5) is 0. The normalized spacial score (nSPS) is 27.1. The molecule has 1 aromatic carbocycles. The van der Waals surface area contributed by atoms with Gasteiger partial charge in [-0.1, -0.05) is 18.2 Å². The summed E-state index contributed by atoms with van der Waals surface area (Å²) in [7, 11) is 1.69. The zero-order valence-electron chi connectivity index (χ0n) is 8.60. The van der Waals surface area contributed by atoms with Gasteiger partial charge < -0.3 is 9.84 Å². The molecule has 76 valence electrons. The molecule has 3 atom stereocenters. The molecule has 0 heterocycles. The zero-order chi connectivity index (χ0) is 10.1. The maximum absolute atomic E-state index is 9.45. The highest BCUT2D eigenvalue weighted by atomic mass is 16.5. The van der Waals surface area contributed by atoms with E-state index >= 15 is 0 Å². The molecule has 0 aliphatic heterocycles. The third-order valence-electron chi connectivity index (χ3n) is 3.00. The number of para-hydroxylation sites is 1. The summed E-state index contributed by atoms with van der Waals surface area (Å²) < 4.78 is 5.29. The summed E-state index contributed by atoms with van der Waals surface area (Å²) in [5.41, 5.74) is 1.24. The van der Waals surface area contributed by atoms with Crippen LogP contribution in [0.15, 0.2) is 24.3 Å². The minimum atomic E-state index is -0.204. The first-order chi connectivity index (χ1) is 6.74. The van der Waals surface area contributed by atoms with Crippen molar-refractivity contribution in [1.29, 1.82) is 0 Å². The van der Waals surface area contributed by atoms with Crippen LogP contribution in [-0.4, -0.2) is 18.3 Å². The van der Waals surface area contributed by atoms with Gasteiger partial charge in [0.2, 0.25) is 0 Å². The van der Waals surface area contributed by atoms with Crippen LogP contribution < -0.4 is 4.74 Å². The van der Waals surface area contributed by atoms with Gasteiger partial charge in [0.05, 0.1) is 13.2 Å². The Labute approximate surface area is 84.5 Å². The van der Waals surface area contributed by atoms with Crippen molar-refractivity contribution in [2.75, 3.05) is 7.11 Å². The Hall–Kier alpha value is -1.02. The number of hydrogen-bond acceptors (Lipinski definition) is 2. The second-order valence-corrected chi connectivity index (χ2v) is 3.99. The fourth-order valence-corrected chi connectivity index (χ4v) is 2.08. The predicted molar refractivity (Wildman–Crippen MR) is 55.5 cm³/mol. The highest BCUT2D eigenvalue weighted by Gasteiger charge is 2.42. The quantitative estimate of drug-likeness (QED) is 0.795. The lowest BCUT2D eigenvalue weighted by molar-refractivity contribution is 0.168. The Kier molecular flexibility index (Phi) is 2.46. The van der Waals surface area contributed by atoms with Gasteiger partial charge >= 0.3 is 0 Å². The van der Waals surface area contributed by atoms with Gasteiger partial charge in [0.25, 0.3) is 0 Å². The van der Waals surface area contributed by atoms with Crippen LogP contribution in [0.5, 0.6) is 5.75 Å². The van der Waals surface area contributed by atoms with E-state index in [2.05, 4.69) is 6.07 Å². The first-order valence-electron chi connectivity index (χ1n) is 5.05. The number of rotatable bonds is 3. The van der Waals surface area contributed by atoms with Crippen molar-refractivity contribution in [3.63, 3.8) is 0 Å². The van der Waals surface area contributed by atoms with Crippen molar-refractivity contribution in [2.24, 2.45) is 5.92 Å². The van der Waals surface area contributed by atoms with Crippen LogP contribution in [0.3, 0.4) is 0 Å². The van der Waals surface area contributed by atoms with E-state index in [-0.39, 0.29) is 6.10 Å². The van der Waals surface area contributed by atoms with E-state index < -0.39 is 0 Å². The Morgan fingerprint density at radius 3 is 2.71 bits per heavy atom. The van der Waals surface area contributed by atoms with E-state index in [1.54, 1.807) is 7.11 Å². The molecule has 2 heteroatoms. The second kappa shape index (κ2) is 3.62. The van der Waals surface area contributed by atoms with E-state index in [0.29, 0.717) is 11.8 Å². The monoisotopic (exact) mass is 192 g/mol. The first kappa shape index (κ1) is 9.53. The summed E-state index contributed by atoms with van der Waals surface area (Å²) in [6.45, 7) is 1.86. The average Bonchev–Trinajstić information content (AvgIpc) is 2.97. The van der Waals surface area contributed by atoms with Gasteiger partial charge in [-0.05, 0) is 36.8 Å². The Balaban J connectivity index is 2.18. The number of methoxy groups -OCH3 is 1. The summed E-state index contributed by atoms with van der Waals surface area (Å²) >= 11 is 0. The molecule has 0 spiro atoms. The lowest BCUT2D eigenvalue weighted by Crippen LogP contribution is -2.03. The largest absolute Gasteiger partial charge is 0.496 e. The molecule has 0 bridgehead atoms. The average molecular weight is 192 g/mol. The van der Waals surface area contributed by atoms with Crippen LogP contribution in [0.2, 0.25) is 0 Å². The topological polar surface area (TPSA) is 29.5 Å². The Morgan fingerprint density at radius 1 is 1.43 bits per heavy atom. The van der Waals surface area contributed by atoms with Crippen LogP contribution in [0.4, 0.5) is 0 Å². The highest BCUT2D eigenvalue weighted by Crippen LogP contribution is 2.51. The first-order valence-corrected chi connectivity index (χ1v) is 5.05. The number of benzene rings is 1. The molecular weight excluding hydrogens is 176 g/mol. The fraction of sp³-hybridized carbons (Fsp3) is 0.500. The second-order valence-electron chi connectivity index (χ2n) is 3.99. The van der Waals surface area contributed by atoms with E-state index in [0.717, 1.165) is 12.2 Å². The lowest BCUT2D eigenvalue weighted by Gasteiger charge is -2.08. The van der Waals surface area contributed by atoms with Crippen molar-refractivity contribution in [1.82, 2.24) is 0 Å². The molecule has 1 aliphatic carbocycles. The van der Waals surface area contributed by atoms with Gasteiger partial charge in [0, 0.05) is 0 Å². The summed E-state index contributed by atoms with van der Waals surface area (Å²) in [5, 5.41) is 9.45. The summed E-state index contributed by atoms with van der Waals surface area (Å²) in [6.07, 6.45) is 0.878. The molecule has 0 unspecified atom stereocenters. The number of hydrogen-bond donors (Lipinski definition) is 1. The van der Waals surface area contributed by atoms with Gasteiger partial charge in [-0.2, -0.15) is 0 Å². The van der Waals surface area contributed by atoms with Crippen LogP contribution in [0.1, 0.15) is 24.8 Å². The van der Waals surface area contributed by atoms with Crippen molar-refractivity contribution in [3.8, 4) is 5.75 Å². The fourth-order valence-electron chi connectivity index (χ4n) is 2.08. The minimum Gasteiger partial charge on any atom is -0.496 e. The molecule has 1 saturated carbocycles. The molecule has 1 fully saturated rings. The van der Waals surface area contributed by atoms with Gasteiger partial charge in [-0.15, -0.1) is 0 Å². The number of aliphatic hydroxyl groups excluding tert-OH is 1. The molecule has 0 aromatic heterocycles. The molecule has 0 amide bonds. The van der Waals surface area contributed by atoms with E-state index in [9.17, 15) is 5.11 Å². The third-order valence-corrected chi connectivity index (χ3v) is 3.00. The van der Waals surface area contributed by atoms with Crippen molar-refractivity contribution in [2.45, 2.75) is 25.4 Å². The number of aliphatic hydroxyl groups is 1. The predicted octanol–water partition coefficient (Wildman–Crippen LogP) is 2.18. The van der Waals surface area contributed by atoms with E-state index in [4.69, 9.17) is 4.74 Å². The Morgan fingerprint density at radius 2 is 2.14 bits per heavy atom. The molecule has 2 rings (SSSR count). The molecular formula is C12H16O2. The molecule has 1 N–H and O–H groups in total. The third kappa shape index (κ3) is 1.62. The highest BCUT2D eigenvalue weighted by molar-refractivity contribution is 5.39. The van der Waals surface area contributed by atoms with Crippen molar-refractivity contribution < 1.29 is 9.84 Å². The summed E-state index contributed by atoms with van der Waals surface area (Å²) in [5.74, 6) is 1.86. The van der Waals surface area contributed by atoms with Crippen molar-refractivity contribution >= 4 is 0 Å². The standard InChI is InChI=1S/C12H16O2/c1-8(13)10-7-11(10)9-5-3-4-6-12(9)14-2/h3-6,8,10-11,13H,7H2,1-2H3/t8-,10-,11-/m1/s1. The SMILES string of the molecule is COc1ccccc1[C@H]1C[C@@H]1[C@@H](C)O. The molecule has 1 aromatic rings. The maximum atomic E-state index is 9.45. The van der Waals surface area contributed by atoms with Gasteiger partial charge in [-0.3, -0.25) is 0 Å². The molecule has 0 radical (unpaired) electrons. The Bertz CT molecular complexity index is 320. The molecule has 2 nitrogen and oxygen atoms in total. The molecule has 0 saturated heterocycles. The van der Waals surface area contributed by atoms with E-state index in [1.165, 1.54) is 5.56 Å². The van der Waals surface area contributed by atoms with E-state index in [1.807, 2.05) is 25.1 Å². The zero-order valence-corrected chi connectivity index (χ0v) is 8.60. The van der Waals surface area contributed by atoms with Gasteiger partial charge in [0.15, 0.2) is 0 Å².